The zero-order valence-electron chi connectivity index (χ0n) is 11.5. The summed E-state index contributed by atoms with van der Waals surface area (Å²) in [4.78, 5) is 0. The van der Waals surface area contributed by atoms with Gasteiger partial charge in [0.15, 0.2) is 0 Å². The maximum atomic E-state index is 10.5. The van der Waals surface area contributed by atoms with Crippen LogP contribution in [0.3, 0.4) is 0 Å². The first-order chi connectivity index (χ1) is 8.13. The van der Waals surface area contributed by atoms with Gasteiger partial charge in [0, 0.05) is 12.6 Å². The van der Waals surface area contributed by atoms with Crippen LogP contribution in [0.1, 0.15) is 65.2 Å². The second kappa shape index (κ2) is 5.71. The molecule has 2 N–H and O–H groups in total. The van der Waals surface area contributed by atoms with Gasteiger partial charge in [-0.15, -0.1) is 0 Å². The fourth-order valence-corrected chi connectivity index (χ4v) is 3.59. The van der Waals surface area contributed by atoms with Gasteiger partial charge in [-0.05, 0) is 50.4 Å². The van der Waals surface area contributed by atoms with Crippen molar-refractivity contribution in [1.29, 1.82) is 0 Å². The van der Waals surface area contributed by atoms with Gasteiger partial charge >= 0.3 is 0 Å². The Morgan fingerprint density at radius 2 is 1.88 bits per heavy atom. The molecule has 2 nitrogen and oxygen atoms in total. The Labute approximate surface area is 106 Å². The predicted octanol–water partition coefficient (Wildman–Crippen LogP) is 3.10. The van der Waals surface area contributed by atoms with Crippen molar-refractivity contribution < 1.29 is 5.11 Å². The minimum atomic E-state index is -0.409. The SMILES string of the molecule is CCC1CCCC1NCC1(O)CCC(C)CC1. The van der Waals surface area contributed by atoms with Crippen molar-refractivity contribution in [2.24, 2.45) is 11.8 Å². The Morgan fingerprint density at radius 1 is 1.18 bits per heavy atom. The molecule has 2 atom stereocenters. The maximum absolute atomic E-state index is 10.5. The molecule has 2 fully saturated rings. The number of hydrogen-bond donors (Lipinski definition) is 2. The lowest BCUT2D eigenvalue weighted by atomic mass is 9.79. The van der Waals surface area contributed by atoms with Gasteiger partial charge in [-0.2, -0.15) is 0 Å². The van der Waals surface area contributed by atoms with Crippen molar-refractivity contribution in [2.45, 2.75) is 76.9 Å². The highest BCUT2D eigenvalue weighted by molar-refractivity contribution is 4.90. The van der Waals surface area contributed by atoms with E-state index in [0.717, 1.165) is 31.2 Å². The van der Waals surface area contributed by atoms with Gasteiger partial charge in [0.25, 0.3) is 0 Å². The molecular formula is C15H29NO. The van der Waals surface area contributed by atoms with E-state index in [-0.39, 0.29) is 0 Å². The fourth-order valence-electron chi connectivity index (χ4n) is 3.59. The summed E-state index contributed by atoms with van der Waals surface area (Å²) in [6.07, 6.45) is 9.71. The largest absolute Gasteiger partial charge is 0.389 e. The molecule has 2 aliphatic carbocycles. The van der Waals surface area contributed by atoms with Gasteiger partial charge in [0.1, 0.15) is 0 Å². The van der Waals surface area contributed by atoms with Crippen LogP contribution in [0.4, 0.5) is 0 Å². The Bertz CT molecular complexity index is 233. The van der Waals surface area contributed by atoms with Gasteiger partial charge in [-0.1, -0.05) is 26.7 Å². The lowest BCUT2D eigenvalue weighted by Crippen LogP contribution is -2.47. The first-order valence-electron chi connectivity index (χ1n) is 7.59. The monoisotopic (exact) mass is 239 g/mol. The van der Waals surface area contributed by atoms with Crippen molar-refractivity contribution in [3.8, 4) is 0 Å². The van der Waals surface area contributed by atoms with Gasteiger partial charge < -0.3 is 10.4 Å². The van der Waals surface area contributed by atoms with Crippen LogP contribution >= 0.6 is 0 Å². The summed E-state index contributed by atoms with van der Waals surface area (Å²) in [5.41, 5.74) is -0.409. The number of hydrogen-bond acceptors (Lipinski definition) is 2. The molecule has 2 aliphatic rings. The minimum Gasteiger partial charge on any atom is -0.389 e. The molecule has 2 heteroatoms. The zero-order valence-corrected chi connectivity index (χ0v) is 11.5. The predicted molar refractivity (Wildman–Crippen MR) is 72.0 cm³/mol. The van der Waals surface area contributed by atoms with Crippen LogP contribution < -0.4 is 5.32 Å². The summed E-state index contributed by atoms with van der Waals surface area (Å²) in [5, 5.41) is 14.2. The molecule has 0 aliphatic heterocycles. The molecule has 0 heterocycles. The van der Waals surface area contributed by atoms with Crippen molar-refractivity contribution in [1.82, 2.24) is 5.32 Å². The van der Waals surface area contributed by atoms with E-state index < -0.39 is 5.60 Å². The highest BCUT2D eigenvalue weighted by Crippen LogP contribution is 2.33. The molecule has 2 unspecified atom stereocenters. The van der Waals surface area contributed by atoms with E-state index in [4.69, 9.17) is 0 Å². The number of aliphatic hydroxyl groups is 1. The van der Waals surface area contributed by atoms with Gasteiger partial charge in [-0.25, -0.2) is 0 Å². The van der Waals surface area contributed by atoms with Gasteiger partial charge in [-0.3, -0.25) is 0 Å². The third-order valence-electron chi connectivity index (χ3n) is 5.08. The molecule has 0 radical (unpaired) electrons. The number of nitrogens with one attached hydrogen (secondary N) is 1. The standard InChI is InChI=1S/C15H29NO/c1-3-13-5-4-6-14(13)16-11-15(17)9-7-12(2)8-10-15/h12-14,16-17H,3-11H2,1-2H3. The van der Waals surface area contributed by atoms with Crippen LogP contribution in [0, 0.1) is 11.8 Å². The van der Waals surface area contributed by atoms with Crippen molar-refractivity contribution in [2.75, 3.05) is 6.54 Å². The van der Waals surface area contributed by atoms with Crippen LogP contribution in [0.25, 0.3) is 0 Å². The third-order valence-corrected chi connectivity index (χ3v) is 5.08. The van der Waals surface area contributed by atoms with Gasteiger partial charge in [0.2, 0.25) is 0 Å². The van der Waals surface area contributed by atoms with Crippen molar-refractivity contribution in [3.05, 3.63) is 0 Å². The third kappa shape index (κ3) is 3.45. The summed E-state index contributed by atoms with van der Waals surface area (Å²) < 4.78 is 0. The zero-order chi connectivity index (χ0) is 12.3. The first-order valence-corrected chi connectivity index (χ1v) is 7.59. The second-order valence-corrected chi connectivity index (χ2v) is 6.49. The summed E-state index contributed by atoms with van der Waals surface area (Å²) >= 11 is 0. The first kappa shape index (κ1) is 13.4. The van der Waals surface area contributed by atoms with E-state index in [1.165, 1.54) is 38.5 Å². The van der Waals surface area contributed by atoms with E-state index in [2.05, 4.69) is 19.2 Å². The summed E-state index contributed by atoms with van der Waals surface area (Å²) in [6, 6.07) is 0.670. The molecule has 0 aromatic rings. The van der Waals surface area contributed by atoms with Crippen molar-refractivity contribution >= 4 is 0 Å². The van der Waals surface area contributed by atoms with Crippen LogP contribution in [0.2, 0.25) is 0 Å². The Morgan fingerprint density at radius 3 is 2.53 bits per heavy atom. The second-order valence-electron chi connectivity index (χ2n) is 6.49. The Kier molecular flexibility index (Phi) is 4.48. The molecule has 2 saturated carbocycles. The molecule has 100 valence electrons. The summed E-state index contributed by atoms with van der Waals surface area (Å²) in [5.74, 6) is 1.66. The van der Waals surface area contributed by atoms with Crippen LogP contribution in [0.5, 0.6) is 0 Å². The normalized spacial score (nSPS) is 42.9. The van der Waals surface area contributed by atoms with E-state index in [0.29, 0.717) is 6.04 Å². The molecule has 0 bridgehead atoms. The van der Waals surface area contributed by atoms with Crippen molar-refractivity contribution in [3.63, 3.8) is 0 Å². The molecule has 0 aromatic carbocycles. The smallest absolute Gasteiger partial charge is 0.0771 e. The highest BCUT2D eigenvalue weighted by Gasteiger charge is 2.33. The average molecular weight is 239 g/mol. The number of rotatable bonds is 4. The lowest BCUT2D eigenvalue weighted by molar-refractivity contribution is -0.00906. The van der Waals surface area contributed by atoms with Gasteiger partial charge in [0.05, 0.1) is 5.60 Å². The highest BCUT2D eigenvalue weighted by atomic mass is 16.3. The van der Waals surface area contributed by atoms with Crippen LogP contribution in [-0.4, -0.2) is 23.3 Å². The quantitative estimate of drug-likeness (QED) is 0.790. The topological polar surface area (TPSA) is 32.3 Å². The molecule has 0 amide bonds. The molecular weight excluding hydrogens is 210 g/mol. The lowest BCUT2D eigenvalue weighted by Gasteiger charge is -2.36. The summed E-state index contributed by atoms with van der Waals surface area (Å²) in [7, 11) is 0. The average Bonchev–Trinajstić information content (AvgIpc) is 2.78. The van der Waals surface area contributed by atoms with E-state index in [1.807, 2.05) is 0 Å². The van der Waals surface area contributed by atoms with E-state index >= 15 is 0 Å². The van der Waals surface area contributed by atoms with Crippen LogP contribution in [0.15, 0.2) is 0 Å². The molecule has 0 aromatic heterocycles. The molecule has 2 rings (SSSR count). The Hall–Kier alpha value is -0.0800. The van der Waals surface area contributed by atoms with Crippen LogP contribution in [-0.2, 0) is 0 Å². The minimum absolute atomic E-state index is 0.409. The summed E-state index contributed by atoms with van der Waals surface area (Å²) in [6.45, 7) is 5.42. The molecule has 0 spiro atoms. The Balaban J connectivity index is 1.77. The molecule has 17 heavy (non-hydrogen) atoms. The maximum Gasteiger partial charge on any atom is 0.0771 e. The fraction of sp³-hybridized carbons (Fsp3) is 1.00. The van der Waals surface area contributed by atoms with E-state index in [1.54, 1.807) is 0 Å². The van der Waals surface area contributed by atoms with E-state index in [9.17, 15) is 5.11 Å². The molecule has 0 saturated heterocycles.